The highest BCUT2D eigenvalue weighted by Crippen LogP contribution is 2.10. The number of nitrogens with one attached hydrogen (secondary N) is 1. The molecule has 5 heteroatoms. The monoisotopic (exact) mass is 257 g/mol. The van der Waals surface area contributed by atoms with E-state index in [1.54, 1.807) is 0 Å². The van der Waals surface area contributed by atoms with Gasteiger partial charge in [-0.3, -0.25) is 0 Å². The second-order valence-corrected chi connectivity index (χ2v) is 5.15. The van der Waals surface area contributed by atoms with Crippen LogP contribution in [-0.2, 0) is 0 Å². The fourth-order valence-corrected chi connectivity index (χ4v) is 2.28. The van der Waals surface area contributed by atoms with Crippen LogP contribution in [0.2, 0.25) is 0 Å². The van der Waals surface area contributed by atoms with Crippen LogP contribution in [0.25, 0.3) is 0 Å². The first-order chi connectivity index (χ1) is 8.13. The molecule has 0 aromatic rings. The molecule has 2 amide bonds. The number of rotatable bonds is 4. The fraction of sp³-hybridized carbons (Fsp3) is 0.833. The number of urea groups is 1. The molecule has 1 heterocycles. The van der Waals surface area contributed by atoms with Gasteiger partial charge in [-0.15, -0.1) is 0 Å². The average Bonchev–Trinajstić information content (AvgIpc) is 2.55. The van der Waals surface area contributed by atoms with Crippen LogP contribution in [0.1, 0.15) is 45.4 Å². The van der Waals surface area contributed by atoms with Crippen molar-refractivity contribution in [2.45, 2.75) is 51.5 Å². The maximum Gasteiger partial charge on any atom is 0.317 e. The Hall–Kier alpha value is -0.840. The first-order valence-electron chi connectivity index (χ1n) is 6.47. The molecule has 1 fully saturated rings. The molecule has 0 aliphatic carbocycles. The van der Waals surface area contributed by atoms with Gasteiger partial charge in [-0.2, -0.15) is 0 Å². The minimum atomic E-state index is 0.0370. The number of likely N-dealkylation sites (tertiary alicyclic amines) is 1. The van der Waals surface area contributed by atoms with E-state index in [0.717, 1.165) is 32.4 Å². The molecule has 1 atom stereocenters. The van der Waals surface area contributed by atoms with E-state index in [-0.39, 0.29) is 12.1 Å². The molecule has 1 rings (SSSR count). The molecule has 1 saturated heterocycles. The van der Waals surface area contributed by atoms with E-state index in [1.807, 2.05) is 11.8 Å². The lowest BCUT2D eigenvalue weighted by molar-refractivity contribution is 0.195. The number of hydrogen-bond donors (Lipinski definition) is 2. The van der Waals surface area contributed by atoms with Crippen LogP contribution in [-0.4, -0.2) is 35.1 Å². The van der Waals surface area contributed by atoms with Crippen molar-refractivity contribution in [1.82, 2.24) is 10.2 Å². The summed E-state index contributed by atoms with van der Waals surface area (Å²) >= 11 is 4.88. The highest BCUT2D eigenvalue weighted by Gasteiger charge is 2.18. The molecule has 1 aliphatic rings. The van der Waals surface area contributed by atoms with Crippen molar-refractivity contribution in [3.05, 3.63) is 0 Å². The van der Waals surface area contributed by atoms with Gasteiger partial charge in [-0.1, -0.05) is 32.0 Å². The number of hydrogen-bond acceptors (Lipinski definition) is 2. The summed E-state index contributed by atoms with van der Waals surface area (Å²) in [4.78, 5) is 14.4. The van der Waals surface area contributed by atoms with E-state index in [1.165, 1.54) is 12.8 Å². The Morgan fingerprint density at radius 2 is 1.94 bits per heavy atom. The number of thiocarbonyl (C=S) groups is 1. The standard InChI is InChI=1S/C12H23N3OS/c1-2-10(9-11(13)17)14-12(16)15-7-5-3-4-6-8-15/h10H,2-9H2,1H3,(H2,13,17)(H,14,16). The molecule has 0 saturated carbocycles. The van der Waals surface area contributed by atoms with E-state index >= 15 is 0 Å². The van der Waals surface area contributed by atoms with Crippen LogP contribution in [0.4, 0.5) is 4.79 Å². The molecule has 3 N–H and O–H groups in total. The average molecular weight is 257 g/mol. The summed E-state index contributed by atoms with van der Waals surface area (Å²) in [5.41, 5.74) is 5.51. The van der Waals surface area contributed by atoms with Gasteiger partial charge in [0.05, 0.1) is 4.99 Å². The molecule has 17 heavy (non-hydrogen) atoms. The van der Waals surface area contributed by atoms with Gasteiger partial charge >= 0.3 is 6.03 Å². The third kappa shape index (κ3) is 5.35. The predicted octanol–water partition coefficient (Wildman–Crippen LogP) is 2.03. The van der Waals surface area contributed by atoms with E-state index < -0.39 is 0 Å². The highest BCUT2D eigenvalue weighted by molar-refractivity contribution is 7.80. The third-order valence-electron chi connectivity index (χ3n) is 3.16. The molecular weight excluding hydrogens is 234 g/mol. The first-order valence-corrected chi connectivity index (χ1v) is 6.88. The number of nitrogens with zero attached hydrogens (tertiary/aromatic N) is 1. The summed E-state index contributed by atoms with van der Waals surface area (Å²) in [7, 11) is 0. The van der Waals surface area contributed by atoms with Crippen LogP contribution in [0, 0.1) is 0 Å². The van der Waals surface area contributed by atoms with E-state index in [9.17, 15) is 4.79 Å². The van der Waals surface area contributed by atoms with Crippen molar-refractivity contribution in [3.8, 4) is 0 Å². The Balaban J connectivity index is 2.42. The minimum absolute atomic E-state index is 0.0370. The summed E-state index contributed by atoms with van der Waals surface area (Å²) in [5, 5.41) is 3.02. The van der Waals surface area contributed by atoms with Gasteiger partial charge in [0.15, 0.2) is 0 Å². The van der Waals surface area contributed by atoms with E-state index in [0.29, 0.717) is 11.4 Å². The zero-order valence-corrected chi connectivity index (χ0v) is 11.4. The second kappa shape index (κ2) is 7.48. The SMILES string of the molecule is CCC(CC(N)=S)NC(=O)N1CCCCCC1. The number of nitrogens with two attached hydrogens (primary N) is 1. The molecule has 1 unspecified atom stereocenters. The van der Waals surface area contributed by atoms with Gasteiger partial charge in [0.2, 0.25) is 0 Å². The minimum Gasteiger partial charge on any atom is -0.393 e. The van der Waals surface area contributed by atoms with Gasteiger partial charge in [0, 0.05) is 25.6 Å². The summed E-state index contributed by atoms with van der Waals surface area (Å²) < 4.78 is 0. The largest absolute Gasteiger partial charge is 0.393 e. The summed E-state index contributed by atoms with van der Waals surface area (Å²) in [6, 6.07) is 0.109. The Bertz CT molecular complexity index is 262. The van der Waals surface area contributed by atoms with Crippen molar-refractivity contribution < 1.29 is 4.79 Å². The van der Waals surface area contributed by atoms with Crippen LogP contribution in [0.5, 0.6) is 0 Å². The Morgan fingerprint density at radius 3 is 2.41 bits per heavy atom. The molecule has 0 bridgehead atoms. The van der Waals surface area contributed by atoms with Crippen molar-refractivity contribution in [2.75, 3.05) is 13.1 Å². The van der Waals surface area contributed by atoms with Crippen molar-refractivity contribution in [2.24, 2.45) is 5.73 Å². The van der Waals surface area contributed by atoms with Gasteiger partial charge in [0.25, 0.3) is 0 Å². The number of carbonyl (C=O) groups excluding carboxylic acids is 1. The Kier molecular flexibility index (Phi) is 6.26. The second-order valence-electron chi connectivity index (χ2n) is 4.63. The number of carbonyl (C=O) groups is 1. The molecule has 0 radical (unpaired) electrons. The van der Waals surface area contributed by atoms with Crippen LogP contribution in [0.15, 0.2) is 0 Å². The predicted molar refractivity (Wildman–Crippen MR) is 74.1 cm³/mol. The van der Waals surface area contributed by atoms with Gasteiger partial charge in [-0.25, -0.2) is 4.79 Å². The molecule has 4 nitrogen and oxygen atoms in total. The van der Waals surface area contributed by atoms with Crippen LogP contribution in [0.3, 0.4) is 0 Å². The van der Waals surface area contributed by atoms with Crippen molar-refractivity contribution in [1.29, 1.82) is 0 Å². The fourth-order valence-electron chi connectivity index (χ4n) is 2.08. The van der Waals surface area contributed by atoms with Crippen LogP contribution >= 0.6 is 12.2 Å². The van der Waals surface area contributed by atoms with E-state index in [2.05, 4.69) is 5.32 Å². The maximum atomic E-state index is 12.0. The lowest BCUT2D eigenvalue weighted by Gasteiger charge is -2.24. The molecular formula is C12H23N3OS. The Morgan fingerprint density at radius 1 is 1.35 bits per heavy atom. The van der Waals surface area contributed by atoms with Gasteiger partial charge < -0.3 is 16.0 Å². The van der Waals surface area contributed by atoms with Crippen molar-refractivity contribution >= 4 is 23.2 Å². The molecule has 1 aliphatic heterocycles. The quantitative estimate of drug-likeness (QED) is 0.758. The zero-order chi connectivity index (χ0) is 12.7. The molecule has 0 aromatic heterocycles. The smallest absolute Gasteiger partial charge is 0.317 e. The molecule has 0 aromatic carbocycles. The Labute approximate surface area is 109 Å². The maximum absolute atomic E-state index is 12.0. The summed E-state index contributed by atoms with van der Waals surface area (Å²) in [6.45, 7) is 3.77. The highest BCUT2D eigenvalue weighted by atomic mass is 32.1. The van der Waals surface area contributed by atoms with E-state index in [4.69, 9.17) is 18.0 Å². The van der Waals surface area contributed by atoms with Gasteiger partial charge in [0.1, 0.15) is 0 Å². The normalized spacial score (nSPS) is 18.3. The lowest BCUT2D eigenvalue weighted by Crippen LogP contribution is -2.46. The van der Waals surface area contributed by atoms with Crippen molar-refractivity contribution in [3.63, 3.8) is 0 Å². The van der Waals surface area contributed by atoms with Gasteiger partial charge in [-0.05, 0) is 19.3 Å². The third-order valence-corrected chi connectivity index (χ3v) is 3.33. The topological polar surface area (TPSA) is 58.4 Å². The lowest BCUT2D eigenvalue weighted by atomic mass is 10.1. The first kappa shape index (κ1) is 14.2. The summed E-state index contributed by atoms with van der Waals surface area (Å²) in [5.74, 6) is 0. The molecule has 0 spiro atoms. The van der Waals surface area contributed by atoms with Crippen LogP contribution < -0.4 is 11.1 Å². The number of amides is 2. The molecule has 98 valence electrons. The summed E-state index contributed by atoms with van der Waals surface area (Å²) in [6.07, 6.45) is 6.13. The zero-order valence-electron chi connectivity index (χ0n) is 10.6.